The maximum absolute atomic E-state index is 12.6. The maximum atomic E-state index is 12.6. The minimum Gasteiger partial charge on any atom is -0.497 e. The first-order chi connectivity index (χ1) is 14.2. The lowest BCUT2D eigenvalue weighted by molar-refractivity contribution is 0.0770. The molecular weight excluding hydrogens is 366 g/mol. The van der Waals surface area contributed by atoms with Crippen molar-refractivity contribution in [3.8, 4) is 11.5 Å². The fourth-order valence-corrected chi connectivity index (χ4v) is 4.25. The number of ether oxygens (including phenoxy) is 2. The number of carbonyl (C=O) groups excluding carboxylic acids is 1. The molecule has 6 nitrogen and oxygen atoms in total. The number of carbonyl (C=O) groups is 1. The van der Waals surface area contributed by atoms with E-state index in [9.17, 15) is 4.79 Å². The van der Waals surface area contributed by atoms with Crippen LogP contribution in [0.25, 0.3) is 0 Å². The van der Waals surface area contributed by atoms with Crippen LogP contribution in [0.5, 0.6) is 11.5 Å². The molecule has 1 amide bonds. The lowest BCUT2D eigenvalue weighted by Crippen LogP contribution is -2.47. The Morgan fingerprint density at radius 2 is 1.72 bits per heavy atom. The molecule has 0 aliphatic carbocycles. The molecule has 2 aromatic rings. The second-order valence-corrected chi connectivity index (χ2v) is 7.60. The highest BCUT2D eigenvalue weighted by Crippen LogP contribution is 2.29. The number of methoxy groups -OCH3 is 2. The van der Waals surface area contributed by atoms with Gasteiger partial charge in [-0.15, -0.1) is 0 Å². The molecule has 0 radical (unpaired) electrons. The molecule has 2 aliphatic rings. The van der Waals surface area contributed by atoms with Gasteiger partial charge in [-0.3, -0.25) is 9.69 Å². The minimum atomic E-state index is 0.142. The van der Waals surface area contributed by atoms with Gasteiger partial charge in [0.1, 0.15) is 11.5 Å². The highest BCUT2D eigenvalue weighted by atomic mass is 16.5. The van der Waals surface area contributed by atoms with E-state index in [4.69, 9.17) is 9.47 Å². The summed E-state index contributed by atoms with van der Waals surface area (Å²) in [5, 5.41) is 0. The first-order valence-electron chi connectivity index (χ1n) is 10.3. The fraction of sp³-hybridized carbons (Fsp3) is 0.435. The quantitative estimate of drug-likeness (QED) is 0.721. The zero-order valence-corrected chi connectivity index (χ0v) is 17.3. The van der Waals surface area contributed by atoms with Gasteiger partial charge >= 0.3 is 0 Å². The maximum Gasteiger partial charge on any atom is 0.254 e. The summed E-state index contributed by atoms with van der Waals surface area (Å²) in [6.07, 6.45) is 0.992. The van der Waals surface area contributed by atoms with E-state index in [1.165, 1.54) is 5.69 Å². The molecule has 1 fully saturated rings. The van der Waals surface area contributed by atoms with Crippen LogP contribution in [0, 0.1) is 0 Å². The number of anilines is 1. The Morgan fingerprint density at radius 3 is 2.48 bits per heavy atom. The van der Waals surface area contributed by atoms with Crippen LogP contribution in [-0.4, -0.2) is 69.2 Å². The number of nitrogens with zero attached hydrogens (tertiary/aromatic N) is 3. The zero-order chi connectivity index (χ0) is 20.2. The van der Waals surface area contributed by atoms with Gasteiger partial charge in [0.05, 0.1) is 19.9 Å². The van der Waals surface area contributed by atoms with Gasteiger partial charge in [0.25, 0.3) is 5.91 Å². The molecule has 0 spiro atoms. The molecule has 0 aromatic heterocycles. The number of piperazine rings is 1. The summed E-state index contributed by atoms with van der Waals surface area (Å²) in [6.45, 7) is 6.55. The van der Waals surface area contributed by atoms with Crippen LogP contribution in [-0.2, 0) is 6.54 Å². The van der Waals surface area contributed by atoms with Gasteiger partial charge in [0.2, 0.25) is 0 Å². The first-order valence-corrected chi connectivity index (χ1v) is 10.3. The lowest BCUT2D eigenvalue weighted by Gasteiger charge is -2.36. The molecule has 2 aromatic carbocycles. The fourth-order valence-electron chi connectivity index (χ4n) is 4.25. The number of para-hydroxylation sites is 2. The van der Waals surface area contributed by atoms with Crippen molar-refractivity contribution < 1.29 is 14.3 Å². The summed E-state index contributed by atoms with van der Waals surface area (Å²) in [5.74, 6) is 1.89. The SMILES string of the molecule is COc1ccc2c(c1)CN(CCCN1CCN(c3ccccc3OC)CC1)C2=O. The predicted octanol–water partition coefficient (Wildman–Crippen LogP) is 2.87. The van der Waals surface area contributed by atoms with Crippen molar-refractivity contribution in [1.82, 2.24) is 9.80 Å². The van der Waals surface area contributed by atoms with E-state index in [-0.39, 0.29) is 5.91 Å². The summed E-state index contributed by atoms with van der Waals surface area (Å²) in [5.41, 5.74) is 3.06. The summed E-state index contributed by atoms with van der Waals surface area (Å²) >= 11 is 0. The van der Waals surface area contributed by atoms with Crippen LogP contribution in [0.2, 0.25) is 0 Å². The van der Waals surface area contributed by atoms with E-state index in [0.29, 0.717) is 6.54 Å². The molecule has 0 atom stereocenters. The summed E-state index contributed by atoms with van der Waals surface area (Å²) in [6, 6.07) is 13.9. The minimum absolute atomic E-state index is 0.142. The van der Waals surface area contributed by atoms with Gasteiger partial charge < -0.3 is 19.3 Å². The molecule has 0 bridgehead atoms. The van der Waals surface area contributed by atoms with Gasteiger partial charge in [-0.2, -0.15) is 0 Å². The third-order valence-electron chi connectivity index (χ3n) is 5.89. The van der Waals surface area contributed by atoms with Crippen LogP contribution in [0.15, 0.2) is 42.5 Å². The van der Waals surface area contributed by atoms with Crippen molar-refractivity contribution in [2.75, 3.05) is 58.4 Å². The van der Waals surface area contributed by atoms with Gasteiger partial charge in [0, 0.05) is 44.8 Å². The predicted molar refractivity (Wildman–Crippen MR) is 114 cm³/mol. The van der Waals surface area contributed by atoms with Gasteiger partial charge in [-0.1, -0.05) is 12.1 Å². The second-order valence-electron chi connectivity index (χ2n) is 7.60. The van der Waals surface area contributed by atoms with Crippen molar-refractivity contribution in [2.24, 2.45) is 0 Å². The number of hydrogen-bond donors (Lipinski definition) is 0. The number of amides is 1. The normalized spacial score (nSPS) is 16.8. The van der Waals surface area contributed by atoms with Crippen LogP contribution < -0.4 is 14.4 Å². The average molecular weight is 396 g/mol. The number of benzene rings is 2. The van der Waals surface area contributed by atoms with Crippen LogP contribution in [0.4, 0.5) is 5.69 Å². The molecule has 2 aliphatic heterocycles. The molecule has 29 heavy (non-hydrogen) atoms. The van der Waals surface area contributed by atoms with E-state index in [1.807, 2.05) is 35.2 Å². The summed E-state index contributed by atoms with van der Waals surface area (Å²) in [7, 11) is 3.38. The van der Waals surface area contributed by atoms with Crippen LogP contribution in [0.3, 0.4) is 0 Å². The monoisotopic (exact) mass is 395 g/mol. The topological polar surface area (TPSA) is 45.2 Å². The van der Waals surface area contributed by atoms with E-state index in [0.717, 1.165) is 68.3 Å². The van der Waals surface area contributed by atoms with E-state index >= 15 is 0 Å². The molecule has 4 rings (SSSR count). The molecule has 2 heterocycles. The Kier molecular flexibility index (Phi) is 5.90. The van der Waals surface area contributed by atoms with Crippen molar-refractivity contribution in [1.29, 1.82) is 0 Å². The van der Waals surface area contributed by atoms with Gasteiger partial charge in [0.15, 0.2) is 0 Å². The third-order valence-corrected chi connectivity index (χ3v) is 5.89. The Hall–Kier alpha value is -2.73. The lowest BCUT2D eigenvalue weighted by atomic mass is 10.1. The zero-order valence-electron chi connectivity index (χ0n) is 17.3. The molecule has 1 saturated heterocycles. The van der Waals surface area contributed by atoms with E-state index in [1.54, 1.807) is 14.2 Å². The van der Waals surface area contributed by atoms with Crippen molar-refractivity contribution >= 4 is 11.6 Å². The van der Waals surface area contributed by atoms with Crippen molar-refractivity contribution in [2.45, 2.75) is 13.0 Å². The largest absolute Gasteiger partial charge is 0.497 e. The average Bonchev–Trinajstić information content (AvgIpc) is 3.09. The van der Waals surface area contributed by atoms with E-state index in [2.05, 4.69) is 21.9 Å². The summed E-state index contributed by atoms with van der Waals surface area (Å²) in [4.78, 5) is 19.4. The molecule has 0 N–H and O–H groups in total. The Labute approximate surface area is 172 Å². The number of rotatable bonds is 7. The number of fused-ring (bicyclic) bond motifs is 1. The molecule has 0 unspecified atom stereocenters. The van der Waals surface area contributed by atoms with Gasteiger partial charge in [-0.05, 0) is 48.9 Å². The summed E-state index contributed by atoms with van der Waals surface area (Å²) < 4.78 is 10.8. The van der Waals surface area contributed by atoms with E-state index < -0.39 is 0 Å². The molecule has 154 valence electrons. The Bertz CT molecular complexity index is 862. The van der Waals surface area contributed by atoms with Crippen molar-refractivity contribution in [3.63, 3.8) is 0 Å². The number of hydrogen-bond acceptors (Lipinski definition) is 5. The first kappa shape index (κ1) is 19.6. The molecule has 6 heteroatoms. The van der Waals surface area contributed by atoms with Crippen LogP contribution in [0.1, 0.15) is 22.3 Å². The molecule has 0 saturated carbocycles. The molecular formula is C23H29N3O3. The Morgan fingerprint density at radius 1 is 0.931 bits per heavy atom. The standard InChI is InChI=1S/C23H29N3O3/c1-28-19-8-9-20-18(16-19)17-26(23(20)27)11-5-10-24-12-14-25(15-13-24)21-6-3-4-7-22(21)29-2/h3-4,6-9,16H,5,10-15,17H2,1-2H3. The second kappa shape index (κ2) is 8.74. The highest BCUT2D eigenvalue weighted by molar-refractivity contribution is 5.98. The van der Waals surface area contributed by atoms with Crippen molar-refractivity contribution in [3.05, 3.63) is 53.6 Å². The third kappa shape index (κ3) is 4.17. The highest BCUT2D eigenvalue weighted by Gasteiger charge is 2.27. The van der Waals surface area contributed by atoms with Gasteiger partial charge in [-0.25, -0.2) is 0 Å². The van der Waals surface area contributed by atoms with Crippen LogP contribution >= 0.6 is 0 Å². The Balaban J connectivity index is 1.24. The smallest absolute Gasteiger partial charge is 0.254 e.